The number of carbonyl (C=O) groups is 2. The Bertz CT molecular complexity index is 771. The Morgan fingerprint density at radius 2 is 1.77 bits per heavy atom. The predicted octanol–water partition coefficient (Wildman–Crippen LogP) is 2.37. The van der Waals surface area contributed by atoms with E-state index in [2.05, 4.69) is 0 Å². The van der Waals surface area contributed by atoms with E-state index in [0.29, 0.717) is 18.7 Å². The molecule has 0 atom stereocenters. The zero-order chi connectivity index (χ0) is 15.7. The van der Waals surface area contributed by atoms with Crippen LogP contribution in [-0.4, -0.2) is 23.2 Å². The molecule has 6 heteroatoms. The zero-order valence-electron chi connectivity index (χ0n) is 11.6. The summed E-state index contributed by atoms with van der Waals surface area (Å²) in [7, 11) is 0. The highest BCUT2D eigenvalue weighted by Crippen LogP contribution is 2.32. The zero-order valence-corrected chi connectivity index (χ0v) is 11.6. The number of ketones is 1. The van der Waals surface area contributed by atoms with Gasteiger partial charge in [0.25, 0.3) is 17.4 Å². The maximum absolute atomic E-state index is 12.1. The van der Waals surface area contributed by atoms with Crippen molar-refractivity contribution in [2.24, 2.45) is 0 Å². The number of amides is 1. The van der Waals surface area contributed by atoms with Gasteiger partial charge in [-0.1, -0.05) is 30.3 Å². The Labute approximate surface area is 126 Å². The molecule has 1 aliphatic rings. The smallest absolute Gasteiger partial charge is 0.299 e. The lowest BCUT2D eigenvalue weighted by Crippen LogP contribution is -2.31. The van der Waals surface area contributed by atoms with Crippen molar-refractivity contribution < 1.29 is 14.5 Å². The first-order valence-electron chi connectivity index (χ1n) is 6.76. The largest absolute Gasteiger partial charge is 0.304 e. The van der Waals surface area contributed by atoms with Crippen molar-refractivity contribution in [1.29, 1.82) is 0 Å². The molecule has 0 spiro atoms. The SMILES string of the molecule is O=C1C(=O)N(CCc2ccccc2)c2ccc([N+](=O)[O-])cc21. The van der Waals surface area contributed by atoms with Crippen LogP contribution < -0.4 is 4.90 Å². The minimum absolute atomic E-state index is 0.104. The minimum atomic E-state index is -0.688. The minimum Gasteiger partial charge on any atom is -0.304 e. The number of rotatable bonds is 4. The van der Waals surface area contributed by atoms with Crippen LogP contribution in [-0.2, 0) is 11.2 Å². The van der Waals surface area contributed by atoms with E-state index >= 15 is 0 Å². The fourth-order valence-corrected chi connectivity index (χ4v) is 2.51. The van der Waals surface area contributed by atoms with Crippen molar-refractivity contribution in [2.45, 2.75) is 6.42 Å². The Morgan fingerprint density at radius 3 is 2.45 bits per heavy atom. The first kappa shape index (κ1) is 13.9. The number of anilines is 1. The lowest BCUT2D eigenvalue weighted by atomic mass is 10.1. The van der Waals surface area contributed by atoms with Crippen LogP contribution in [0, 0.1) is 10.1 Å². The van der Waals surface area contributed by atoms with Crippen LogP contribution in [0.2, 0.25) is 0 Å². The van der Waals surface area contributed by atoms with E-state index < -0.39 is 16.6 Å². The molecule has 0 unspecified atom stereocenters. The van der Waals surface area contributed by atoms with Crippen LogP contribution in [0.3, 0.4) is 0 Å². The number of nitrogens with zero attached hydrogens (tertiary/aromatic N) is 2. The highest BCUT2D eigenvalue weighted by Gasteiger charge is 2.36. The molecule has 0 aliphatic carbocycles. The van der Waals surface area contributed by atoms with Gasteiger partial charge in [0.15, 0.2) is 0 Å². The Kier molecular flexibility index (Phi) is 3.42. The van der Waals surface area contributed by atoms with E-state index in [1.54, 1.807) is 0 Å². The third-order valence-corrected chi connectivity index (χ3v) is 3.63. The molecule has 0 aromatic heterocycles. The van der Waals surface area contributed by atoms with Gasteiger partial charge < -0.3 is 4.90 Å². The van der Waals surface area contributed by atoms with Gasteiger partial charge in [-0.3, -0.25) is 19.7 Å². The molecule has 22 heavy (non-hydrogen) atoms. The number of hydrogen-bond acceptors (Lipinski definition) is 4. The Balaban J connectivity index is 1.87. The maximum Gasteiger partial charge on any atom is 0.299 e. The highest BCUT2D eigenvalue weighted by atomic mass is 16.6. The summed E-state index contributed by atoms with van der Waals surface area (Å²) in [6, 6.07) is 13.5. The maximum atomic E-state index is 12.1. The normalized spacial score (nSPS) is 13.4. The molecule has 0 saturated carbocycles. The second-order valence-corrected chi connectivity index (χ2v) is 4.98. The monoisotopic (exact) mass is 296 g/mol. The first-order chi connectivity index (χ1) is 10.6. The number of Topliss-reactive ketones (excluding diaryl/α,β-unsaturated/α-hetero) is 1. The van der Waals surface area contributed by atoms with Crippen LogP contribution in [0.15, 0.2) is 48.5 Å². The van der Waals surface area contributed by atoms with Gasteiger partial charge in [0, 0.05) is 18.7 Å². The van der Waals surface area contributed by atoms with Crippen molar-refractivity contribution >= 4 is 23.1 Å². The molecule has 2 aromatic carbocycles. The van der Waals surface area contributed by atoms with Crippen molar-refractivity contribution in [3.05, 3.63) is 69.8 Å². The number of benzene rings is 2. The van der Waals surface area contributed by atoms with Gasteiger partial charge in [-0.2, -0.15) is 0 Å². The van der Waals surface area contributed by atoms with Crippen molar-refractivity contribution in [2.75, 3.05) is 11.4 Å². The molecule has 3 rings (SSSR count). The standard InChI is InChI=1S/C16H12N2O4/c19-15-13-10-12(18(21)22)6-7-14(13)17(16(15)20)9-8-11-4-2-1-3-5-11/h1-7,10H,8-9H2. The number of fused-ring (bicyclic) bond motifs is 1. The average molecular weight is 296 g/mol. The molecule has 6 nitrogen and oxygen atoms in total. The van der Waals surface area contributed by atoms with Gasteiger partial charge in [0.2, 0.25) is 0 Å². The third-order valence-electron chi connectivity index (χ3n) is 3.63. The van der Waals surface area contributed by atoms with Crippen LogP contribution in [0.4, 0.5) is 11.4 Å². The second-order valence-electron chi connectivity index (χ2n) is 4.98. The summed E-state index contributed by atoms with van der Waals surface area (Å²) in [5.74, 6) is -1.32. The van der Waals surface area contributed by atoms with Crippen molar-refractivity contribution in [3.63, 3.8) is 0 Å². The molecule has 1 heterocycles. The lowest BCUT2D eigenvalue weighted by Gasteiger charge is -2.16. The second kappa shape index (κ2) is 5.40. The first-order valence-corrected chi connectivity index (χ1v) is 6.76. The molecular formula is C16H12N2O4. The van der Waals surface area contributed by atoms with Crippen LogP contribution in [0.1, 0.15) is 15.9 Å². The Hall–Kier alpha value is -3.02. The van der Waals surface area contributed by atoms with Crippen LogP contribution in [0.25, 0.3) is 0 Å². The van der Waals surface area contributed by atoms with E-state index in [0.717, 1.165) is 11.6 Å². The quantitative estimate of drug-likeness (QED) is 0.493. The number of nitro benzene ring substituents is 1. The summed E-state index contributed by atoms with van der Waals surface area (Å²) in [6.45, 7) is 0.361. The van der Waals surface area contributed by atoms with E-state index in [1.807, 2.05) is 30.3 Å². The highest BCUT2D eigenvalue weighted by molar-refractivity contribution is 6.52. The van der Waals surface area contributed by atoms with Gasteiger partial charge >= 0.3 is 0 Å². The third kappa shape index (κ3) is 2.35. The number of hydrogen-bond donors (Lipinski definition) is 0. The summed E-state index contributed by atoms with van der Waals surface area (Å²) in [5, 5.41) is 10.8. The summed E-state index contributed by atoms with van der Waals surface area (Å²) in [4.78, 5) is 35.6. The summed E-state index contributed by atoms with van der Waals surface area (Å²) < 4.78 is 0. The molecule has 0 radical (unpaired) electrons. The van der Waals surface area contributed by atoms with Gasteiger partial charge in [0.05, 0.1) is 16.2 Å². The molecule has 0 fully saturated rings. The lowest BCUT2D eigenvalue weighted by molar-refractivity contribution is -0.384. The molecular weight excluding hydrogens is 284 g/mol. The van der Waals surface area contributed by atoms with E-state index in [-0.39, 0.29) is 11.3 Å². The molecule has 0 saturated heterocycles. The fourth-order valence-electron chi connectivity index (χ4n) is 2.51. The van der Waals surface area contributed by atoms with Gasteiger partial charge in [-0.05, 0) is 18.1 Å². The molecule has 2 aromatic rings. The molecule has 0 N–H and O–H groups in total. The summed E-state index contributed by atoms with van der Waals surface area (Å²) >= 11 is 0. The Morgan fingerprint density at radius 1 is 1.05 bits per heavy atom. The van der Waals surface area contributed by atoms with E-state index in [9.17, 15) is 19.7 Å². The van der Waals surface area contributed by atoms with E-state index in [4.69, 9.17) is 0 Å². The number of carbonyl (C=O) groups excluding carboxylic acids is 2. The molecule has 110 valence electrons. The van der Waals surface area contributed by atoms with Gasteiger partial charge in [0.1, 0.15) is 0 Å². The molecule has 1 amide bonds. The fraction of sp³-hybridized carbons (Fsp3) is 0.125. The summed E-state index contributed by atoms with van der Waals surface area (Å²) in [5.41, 5.74) is 1.41. The van der Waals surface area contributed by atoms with Crippen molar-refractivity contribution in [3.8, 4) is 0 Å². The van der Waals surface area contributed by atoms with Gasteiger partial charge in [-0.25, -0.2) is 0 Å². The van der Waals surface area contributed by atoms with E-state index in [1.165, 1.54) is 17.0 Å². The number of non-ortho nitro benzene ring substituents is 1. The summed E-state index contributed by atoms with van der Waals surface area (Å²) in [6.07, 6.45) is 0.607. The molecule has 0 bridgehead atoms. The average Bonchev–Trinajstić information content (AvgIpc) is 2.77. The van der Waals surface area contributed by atoms with Gasteiger partial charge in [-0.15, -0.1) is 0 Å². The topological polar surface area (TPSA) is 80.5 Å². The number of nitro groups is 1. The van der Waals surface area contributed by atoms with Crippen molar-refractivity contribution in [1.82, 2.24) is 0 Å². The molecule has 1 aliphatic heterocycles. The predicted molar refractivity (Wildman–Crippen MR) is 79.9 cm³/mol. The van der Waals surface area contributed by atoms with Crippen LogP contribution >= 0.6 is 0 Å². The van der Waals surface area contributed by atoms with Crippen LogP contribution in [0.5, 0.6) is 0 Å².